The lowest BCUT2D eigenvalue weighted by molar-refractivity contribution is -0.137. The van der Waals surface area contributed by atoms with Gasteiger partial charge in [0.25, 0.3) is 0 Å². The van der Waals surface area contributed by atoms with Gasteiger partial charge in [0.15, 0.2) is 0 Å². The molecular weight excluding hydrogens is 685 g/mol. The molecular formula is C35H52FN5O9S. The van der Waals surface area contributed by atoms with E-state index in [9.17, 15) is 36.8 Å². The Balaban J connectivity index is 0.000000272. The number of benzene rings is 1. The Labute approximate surface area is 299 Å². The standard InChI is InChI=1S/C21H33N3O5S.C9H8FNO2.C5H11NO2/c22-20(26)18-9-7-13-24(18)19(25)10-6-4-2-1-3-5-8-15-14-17(15)21(27)23-30(28,29)16-11-12-16;10-8-3-1-2-6-4-11(9(12)13)5-7(6)8;1-5(2,3)8-4(6)7/h5,8,15-18H,1-4,6-7,9-14H2,(H2,22,26)(H,23,27);1-3H,4-5H2,(H,12,13);1-3H3,(H2,6,7)/b8-5-;;. The maximum atomic E-state index is 13.1. The first-order valence-electron chi connectivity index (χ1n) is 17.4. The number of nitrogens with two attached hydrogens (primary N) is 2. The molecule has 0 aromatic heterocycles. The van der Waals surface area contributed by atoms with E-state index in [4.69, 9.17) is 16.6 Å². The van der Waals surface area contributed by atoms with E-state index in [0.29, 0.717) is 50.8 Å². The van der Waals surface area contributed by atoms with Gasteiger partial charge in [-0.2, -0.15) is 0 Å². The molecule has 3 unspecified atom stereocenters. The average molecular weight is 738 g/mol. The molecule has 5 rings (SSSR count). The molecule has 4 aliphatic rings. The fourth-order valence-corrected chi connectivity index (χ4v) is 7.25. The molecule has 14 nitrogen and oxygen atoms in total. The van der Waals surface area contributed by atoms with Crippen LogP contribution in [-0.4, -0.2) is 76.7 Å². The second-order valence-electron chi connectivity index (χ2n) is 14.3. The topological polar surface area (TPSA) is 219 Å². The zero-order valence-corrected chi connectivity index (χ0v) is 30.5. The number of nitrogens with zero attached hydrogens (tertiary/aromatic N) is 2. The van der Waals surface area contributed by atoms with Gasteiger partial charge in [-0.25, -0.2) is 22.4 Å². The monoisotopic (exact) mass is 737 g/mol. The minimum Gasteiger partial charge on any atom is -0.465 e. The van der Waals surface area contributed by atoms with E-state index < -0.39 is 39.8 Å². The van der Waals surface area contributed by atoms with Gasteiger partial charge < -0.3 is 26.2 Å². The van der Waals surface area contributed by atoms with Gasteiger partial charge in [-0.15, -0.1) is 0 Å². The number of rotatable bonds is 12. The number of hydrogen-bond acceptors (Lipinski definition) is 8. The van der Waals surface area contributed by atoms with Crippen LogP contribution in [0.2, 0.25) is 0 Å². The van der Waals surface area contributed by atoms with Crippen molar-refractivity contribution in [2.75, 3.05) is 6.54 Å². The van der Waals surface area contributed by atoms with E-state index in [0.717, 1.165) is 44.1 Å². The second-order valence-corrected chi connectivity index (χ2v) is 16.3. The number of ether oxygens (including phenoxy) is 1. The molecule has 51 heavy (non-hydrogen) atoms. The number of fused-ring (bicyclic) bond motifs is 1. The quantitative estimate of drug-likeness (QED) is 0.177. The van der Waals surface area contributed by atoms with Crippen molar-refractivity contribution in [2.24, 2.45) is 23.3 Å². The first kappa shape index (κ1) is 41.2. The summed E-state index contributed by atoms with van der Waals surface area (Å²) in [6.07, 6.45) is 11.1. The molecule has 2 aliphatic carbocycles. The molecule has 1 aromatic rings. The number of hydrogen-bond donors (Lipinski definition) is 4. The Kier molecular flexibility index (Phi) is 14.8. The van der Waals surface area contributed by atoms with E-state index in [1.807, 2.05) is 6.08 Å². The normalized spacial score (nSPS) is 20.7. The third kappa shape index (κ3) is 13.8. The number of unbranched alkanes of at least 4 members (excludes halogenated alkanes) is 4. The molecule has 284 valence electrons. The Morgan fingerprint density at radius 2 is 1.73 bits per heavy atom. The van der Waals surface area contributed by atoms with Crippen molar-refractivity contribution in [1.29, 1.82) is 0 Å². The molecule has 0 bridgehead atoms. The summed E-state index contributed by atoms with van der Waals surface area (Å²) in [7, 11) is -3.45. The van der Waals surface area contributed by atoms with Crippen LogP contribution in [0.3, 0.4) is 0 Å². The Hall–Kier alpha value is -4.21. The van der Waals surface area contributed by atoms with Crippen molar-refractivity contribution < 1.29 is 46.6 Å². The summed E-state index contributed by atoms with van der Waals surface area (Å²) in [5, 5.41) is 8.31. The molecule has 2 heterocycles. The summed E-state index contributed by atoms with van der Waals surface area (Å²) < 4.78 is 43.5. The molecule has 2 saturated carbocycles. The lowest BCUT2D eigenvalue weighted by Gasteiger charge is -2.22. The number of amides is 5. The number of sulfonamides is 1. The number of halogens is 1. The third-order valence-electron chi connectivity index (χ3n) is 8.78. The van der Waals surface area contributed by atoms with Gasteiger partial charge in [-0.1, -0.05) is 37.1 Å². The van der Waals surface area contributed by atoms with Crippen molar-refractivity contribution in [2.45, 2.75) is 121 Å². The fourth-order valence-electron chi connectivity index (χ4n) is 5.89. The second kappa shape index (κ2) is 18.3. The van der Waals surface area contributed by atoms with Crippen molar-refractivity contribution >= 4 is 39.9 Å². The maximum Gasteiger partial charge on any atom is 0.407 e. The van der Waals surface area contributed by atoms with Crippen LogP contribution in [0.1, 0.15) is 103 Å². The van der Waals surface area contributed by atoms with Crippen molar-refractivity contribution in [3.63, 3.8) is 0 Å². The van der Waals surface area contributed by atoms with E-state index in [1.165, 1.54) is 11.0 Å². The first-order chi connectivity index (χ1) is 23.9. The van der Waals surface area contributed by atoms with Crippen LogP contribution in [0.4, 0.5) is 14.0 Å². The Morgan fingerprint density at radius 1 is 1.04 bits per heavy atom. The molecule has 3 fully saturated rings. The molecule has 0 spiro atoms. The van der Waals surface area contributed by atoms with Gasteiger partial charge in [0.1, 0.15) is 17.5 Å². The number of carbonyl (C=O) groups excluding carboxylic acids is 4. The van der Waals surface area contributed by atoms with Crippen LogP contribution in [0, 0.1) is 17.7 Å². The number of carbonyl (C=O) groups is 5. The fraction of sp³-hybridized carbons (Fsp3) is 0.629. The first-order valence-corrected chi connectivity index (χ1v) is 19.0. The lowest BCUT2D eigenvalue weighted by atomic mass is 10.1. The highest BCUT2D eigenvalue weighted by Gasteiger charge is 2.45. The third-order valence-corrected chi connectivity index (χ3v) is 10.6. The zero-order chi connectivity index (χ0) is 37.9. The minimum absolute atomic E-state index is 0.0259. The van der Waals surface area contributed by atoms with Crippen LogP contribution >= 0.6 is 0 Å². The highest BCUT2D eigenvalue weighted by molar-refractivity contribution is 7.90. The van der Waals surface area contributed by atoms with Crippen LogP contribution in [0.25, 0.3) is 0 Å². The molecule has 2 aliphatic heterocycles. The van der Waals surface area contributed by atoms with E-state index in [1.54, 1.807) is 37.8 Å². The van der Waals surface area contributed by atoms with Crippen molar-refractivity contribution in [1.82, 2.24) is 14.5 Å². The molecule has 1 saturated heterocycles. The molecule has 0 radical (unpaired) electrons. The number of nitrogens with one attached hydrogen (secondary N) is 1. The average Bonchev–Trinajstić information content (AvgIpc) is 3.93. The molecule has 1 aromatic carbocycles. The highest BCUT2D eigenvalue weighted by Crippen LogP contribution is 2.40. The maximum absolute atomic E-state index is 13.1. The number of likely N-dealkylation sites (tertiary alicyclic amines) is 1. The summed E-state index contributed by atoms with van der Waals surface area (Å²) in [5.41, 5.74) is 10.9. The highest BCUT2D eigenvalue weighted by atomic mass is 32.2. The predicted octanol–water partition coefficient (Wildman–Crippen LogP) is 4.30. The summed E-state index contributed by atoms with van der Waals surface area (Å²) in [6, 6.07) is 4.27. The minimum atomic E-state index is -3.45. The van der Waals surface area contributed by atoms with E-state index in [2.05, 4.69) is 15.5 Å². The summed E-state index contributed by atoms with van der Waals surface area (Å²) in [5.74, 6) is -1.13. The number of primary amides is 2. The van der Waals surface area contributed by atoms with Gasteiger partial charge in [0, 0.05) is 31.0 Å². The summed E-state index contributed by atoms with van der Waals surface area (Å²) >= 11 is 0. The molecule has 3 atom stereocenters. The van der Waals surface area contributed by atoms with Crippen molar-refractivity contribution in [3.8, 4) is 0 Å². The van der Waals surface area contributed by atoms with Gasteiger partial charge in [-0.05, 0) is 89.7 Å². The summed E-state index contributed by atoms with van der Waals surface area (Å²) in [4.78, 5) is 59.0. The van der Waals surface area contributed by atoms with Crippen LogP contribution < -0.4 is 16.2 Å². The van der Waals surface area contributed by atoms with Crippen LogP contribution in [0.5, 0.6) is 0 Å². The van der Waals surface area contributed by atoms with Gasteiger partial charge >= 0.3 is 12.2 Å². The van der Waals surface area contributed by atoms with Gasteiger partial charge in [0.05, 0.1) is 11.8 Å². The predicted molar refractivity (Wildman–Crippen MR) is 187 cm³/mol. The molecule has 16 heteroatoms. The molecule has 6 N–H and O–H groups in total. The summed E-state index contributed by atoms with van der Waals surface area (Å²) in [6.45, 7) is 6.37. The van der Waals surface area contributed by atoms with Crippen LogP contribution in [0.15, 0.2) is 30.4 Å². The number of carboxylic acid groups (broad SMARTS) is 1. The number of allylic oxidation sites excluding steroid dienone is 2. The smallest absolute Gasteiger partial charge is 0.407 e. The SMILES string of the molecule is CC(C)(C)OC(N)=O.NC(=O)C1CCCN1C(=O)CCCCCC/C=C\C1CC1C(=O)NS(=O)(=O)C1CC1.O=C(O)N1Cc2cccc(F)c2C1. The lowest BCUT2D eigenvalue weighted by Crippen LogP contribution is -2.43. The van der Waals surface area contributed by atoms with E-state index in [-0.39, 0.29) is 41.3 Å². The van der Waals surface area contributed by atoms with Gasteiger partial charge in [-0.3, -0.25) is 24.0 Å². The largest absolute Gasteiger partial charge is 0.465 e. The molecule has 5 amide bonds. The Morgan fingerprint density at radius 3 is 2.29 bits per heavy atom. The van der Waals surface area contributed by atoms with Crippen LogP contribution in [-0.2, 0) is 42.2 Å². The zero-order valence-electron chi connectivity index (χ0n) is 29.6. The van der Waals surface area contributed by atoms with E-state index >= 15 is 0 Å². The van der Waals surface area contributed by atoms with Gasteiger partial charge in [0.2, 0.25) is 27.7 Å². The Bertz CT molecular complexity index is 1560. The van der Waals surface area contributed by atoms with Crippen molar-refractivity contribution in [3.05, 3.63) is 47.3 Å².